The van der Waals surface area contributed by atoms with Gasteiger partial charge in [-0.1, -0.05) is 41.4 Å². The number of nitrogens with one attached hydrogen (secondary N) is 1. The summed E-state index contributed by atoms with van der Waals surface area (Å²) in [6.07, 6.45) is 1.77. The van der Waals surface area contributed by atoms with Gasteiger partial charge in [-0.3, -0.25) is 0 Å². The maximum Gasteiger partial charge on any atom is 0.124 e. The maximum atomic E-state index is 5.66. The van der Waals surface area contributed by atoms with Gasteiger partial charge in [0, 0.05) is 22.1 Å². The van der Waals surface area contributed by atoms with E-state index >= 15 is 0 Å². The fraction of sp³-hybridized carbons (Fsp3) is 0.429. The number of hydrogen-bond acceptors (Lipinski definition) is 2. The topological polar surface area (TPSA) is 21.3 Å². The van der Waals surface area contributed by atoms with Gasteiger partial charge in [-0.05, 0) is 36.7 Å². The van der Waals surface area contributed by atoms with Crippen LogP contribution in [-0.4, -0.2) is 13.2 Å². The Morgan fingerprint density at radius 3 is 2.89 bits per heavy atom. The third kappa shape index (κ3) is 5.89. The third-order valence-electron chi connectivity index (χ3n) is 2.31. The lowest BCUT2D eigenvalue weighted by molar-refractivity contribution is 0.357. The molecular formula is C14H19BrClNO. The second-order valence-corrected chi connectivity index (χ2v) is 5.62. The normalized spacial score (nSPS) is 11.4. The largest absolute Gasteiger partial charge is 0.489 e. The van der Waals surface area contributed by atoms with Crippen LogP contribution in [0.3, 0.4) is 0 Å². The van der Waals surface area contributed by atoms with E-state index in [1.165, 1.54) is 5.54 Å². The minimum absolute atomic E-state index is 0.488. The molecule has 0 saturated carbocycles. The number of hydrogen-bond donors (Lipinski definition) is 1. The highest BCUT2D eigenvalue weighted by atomic mass is 79.9. The summed E-state index contributed by atoms with van der Waals surface area (Å²) >= 11 is 8.95. The Bertz CT molecular complexity index is 393. The summed E-state index contributed by atoms with van der Waals surface area (Å²) in [7, 11) is 0. The molecule has 0 saturated heterocycles. The Morgan fingerprint density at radius 2 is 2.22 bits per heavy atom. The number of benzene rings is 1. The summed E-state index contributed by atoms with van der Waals surface area (Å²) in [6, 6.07) is 6.03. The van der Waals surface area contributed by atoms with Gasteiger partial charge in [0.1, 0.15) is 12.4 Å². The molecule has 0 amide bonds. The van der Waals surface area contributed by atoms with Crippen LogP contribution in [0.25, 0.3) is 0 Å². The fourth-order valence-corrected chi connectivity index (χ4v) is 1.98. The van der Waals surface area contributed by atoms with E-state index in [0.29, 0.717) is 12.5 Å². The van der Waals surface area contributed by atoms with E-state index in [2.05, 4.69) is 41.2 Å². The molecule has 0 unspecified atom stereocenters. The summed E-state index contributed by atoms with van der Waals surface area (Å²) in [5, 5.41) is 3.41. The van der Waals surface area contributed by atoms with Gasteiger partial charge in [0.05, 0.1) is 0 Å². The summed E-state index contributed by atoms with van der Waals surface area (Å²) in [4.78, 5) is 0. The molecule has 0 aliphatic rings. The molecule has 100 valence electrons. The van der Waals surface area contributed by atoms with Gasteiger partial charge < -0.3 is 10.1 Å². The van der Waals surface area contributed by atoms with Crippen LogP contribution in [0.4, 0.5) is 0 Å². The minimum Gasteiger partial charge on any atom is -0.489 e. The molecule has 0 aliphatic carbocycles. The Kier molecular flexibility index (Phi) is 7.40. The van der Waals surface area contributed by atoms with Crippen molar-refractivity contribution in [2.24, 2.45) is 5.92 Å². The molecule has 2 nitrogen and oxygen atoms in total. The van der Waals surface area contributed by atoms with Gasteiger partial charge in [0.2, 0.25) is 0 Å². The summed E-state index contributed by atoms with van der Waals surface area (Å²) in [5.74, 6) is 1.53. The Morgan fingerprint density at radius 1 is 1.44 bits per heavy atom. The smallest absolute Gasteiger partial charge is 0.124 e. The molecule has 1 N–H and O–H groups in total. The Labute approximate surface area is 122 Å². The molecule has 4 heteroatoms. The molecule has 1 rings (SSSR count). The summed E-state index contributed by atoms with van der Waals surface area (Å²) < 4.78 is 6.72. The quantitative estimate of drug-likeness (QED) is 0.802. The van der Waals surface area contributed by atoms with Gasteiger partial charge in [-0.15, -0.1) is 0 Å². The van der Waals surface area contributed by atoms with Crippen molar-refractivity contribution >= 4 is 27.5 Å². The zero-order valence-corrected chi connectivity index (χ0v) is 13.1. The molecule has 0 spiro atoms. The number of ether oxygens (including phenoxy) is 1. The lowest BCUT2D eigenvalue weighted by atomic mass is 10.2. The summed E-state index contributed by atoms with van der Waals surface area (Å²) in [6.45, 7) is 6.67. The van der Waals surface area contributed by atoms with Crippen LogP contribution < -0.4 is 10.1 Å². The molecule has 1 aromatic carbocycles. The lowest BCUT2D eigenvalue weighted by Gasteiger charge is -2.12. The molecule has 0 fully saturated rings. The van der Waals surface area contributed by atoms with Gasteiger partial charge >= 0.3 is 0 Å². The first-order chi connectivity index (χ1) is 8.63. The first kappa shape index (κ1) is 15.5. The average Bonchev–Trinajstić information content (AvgIpc) is 2.31. The second kappa shape index (κ2) is 8.57. The molecular weight excluding hydrogens is 314 g/mol. The average molecular weight is 333 g/mol. The van der Waals surface area contributed by atoms with E-state index in [4.69, 9.17) is 16.3 Å². The van der Waals surface area contributed by atoms with Gasteiger partial charge in [-0.25, -0.2) is 0 Å². The van der Waals surface area contributed by atoms with E-state index in [1.54, 1.807) is 6.08 Å². The molecule has 0 heterocycles. The van der Waals surface area contributed by atoms with Crippen molar-refractivity contribution in [1.29, 1.82) is 0 Å². The highest BCUT2D eigenvalue weighted by Gasteiger charge is 2.04. The standard InChI is InChI=1S/C14H19BrClNO/c1-11(2)9-17-10-12-8-13(15)4-5-14(12)18-7-3-6-16/h3-6,8,11,17H,7,9-10H2,1-2H3. The van der Waals surface area contributed by atoms with Gasteiger partial charge in [0.15, 0.2) is 0 Å². The van der Waals surface area contributed by atoms with Crippen LogP contribution in [0, 0.1) is 5.92 Å². The molecule has 1 aromatic rings. The van der Waals surface area contributed by atoms with Crippen LogP contribution in [0.1, 0.15) is 19.4 Å². The lowest BCUT2D eigenvalue weighted by Crippen LogP contribution is -2.19. The predicted molar refractivity (Wildman–Crippen MR) is 81.2 cm³/mol. The fourth-order valence-electron chi connectivity index (χ4n) is 1.50. The van der Waals surface area contributed by atoms with Crippen molar-refractivity contribution in [1.82, 2.24) is 5.32 Å². The van der Waals surface area contributed by atoms with Crippen molar-refractivity contribution in [3.63, 3.8) is 0 Å². The number of halogens is 2. The third-order valence-corrected chi connectivity index (χ3v) is 2.99. The monoisotopic (exact) mass is 331 g/mol. The number of rotatable bonds is 7. The van der Waals surface area contributed by atoms with Crippen LogP contribution >= 0.6 is 27.5 Å². The Hall–Kier alpha value is -0.510. The zero-order chi connectivity index (χ0) is 13.4. The van der Waals surface area contributed by atoms with E-state index in [0.717, 1.165) is 28.9 Å². The molecule has 0 radical (unpaired) electrons. The van der Waals surface area contributed by atoms with Gasteiger partial charge in [-0.2, -0.15) is 0 Å². The highest BCUT2D eigenvalue weighted by Crippen LogP contribution is 2.23. The molecule has 0 aromatic heterocycles. The Balaban J connectivity index is 2.64. The first-order valence-corrected chi connectivity index (χ1v) is 7.23. The van der Waals surface area contributed by atoms with Crippen LogP contribution in [0.2, 0.25) is 0 Å². The predicted octanol–water partition coefficient (Wildman–Crippen LogP) is 4.33. The van der Waals surface area contributed by atoms with Crippen molar-refractivity contribution in [3.05, 3.63) is 39.8 Å². The van der Waals surface area contributed by atoms with Crippen molar-refractivity contribution in [3.8, 4) is 5.75 Å². The highest BCUT2D eigenvalue weighted by molar-refractivity contribution is 9.10. The zero-order valence-electron chi connectivity index (χ0n) is 10.7. The van der Waals surface area contributed by atoms with Crippen molar-refractivity contribution < 1.29 is 4.74 Å². The molecule has 18 heavy (non-hydrogen) atoms. The van der Waals surface area contributed by atoms with Gasteiger partial charge in [0.25, 0.3) is 0 Å². The van der Waals surface area contributed by atoms with E-state index in [1.807, 2.05) is 12.1 Å². The van der Waals surface area contributed by atoms with Crippen molar-refractivity contribution in [2.45, 2.75) is 20.4 Å². The molecule has 0 aliphatic heterocycles. The maximum absolute atomic E-state index is 5.66. The van der Waals surface area contributed by atoms with Crippen molar-refractivity contribution in [2.75, 3.05) is 13.2 Å². The molecule has 0 bridgehead atoms. The van der Waals surface area contributed by atoms with E-state index < -0.39 is 0 Å². The summed E-state index contributed by atoms with van der Waals surface area (Å²) in [5.41, 5.74) is 2.61. The first-order valence-electron chi connectivity index (χ1n) is 6.00. The van der Waals surface area contributed by atoms with Crippen LogP contribution in [-0.2, 0) is 6.54 Å². The van der Waals surface area contributed by atoms with Crippen LogP contribution in [0.5, 0.6) is 5.75 Å². The van der Waals surface area contributed by atoms with E-state index in [9.17, 15) is 0 Å². The molecule has 0 atom stereocenters. The second-order valence-electron chi connectivity index (χ2n) is 4.45. The minimum atomic E-state index is 0.488. The van der Waals surface area contributed by atoms with E-state index in [-0.39, 0.29) is 0 Å². The van der Waals surface area contributed by atoms with Crippen LogP contribution in [0.15, 0.2) is 34.3 Å². The SMILES string of the molecule is CC(C)CNCc1cc(Br)ccc1OCC=CCl.